The average Bonchev–Trinajstić information content (AvgIpc) is 2.46. The molecule has 0 fully saturated rings. The lowest BCUT2D eigenvalue weighted by Crippen LogP contribution is -2.18. The SMILES string of the molecule is C=CCC(CC=C)(CC=C)CCCCCCCCCCBr. The smallest absolute Gasteiger partial charge is 0.00313 e. The average molecular weight is 355 g/mol. The summed E-state index contributed by atoms with van der Waals surface area (Å²) in [6, 6.07) is 0. The van der Waals surface area contributed by atoms with Crippen LogP contribution in [0.2, 0.25) is 0 Å². The van der Waals surface area contributed by atoms with Gasteiger partial charge in [0.15, 0.2) is 0 Å². The third-order valence-corrected chi connectivity index (χ3v) is 4.88. The highest BCUT2D eigenvalue weighted by atomic mass is 79.9. The van der Waals surface area contributed by atoms with Gasteiger partial charge in [0.25, 0.3) is 0 Å². The van der Waals surface area contributed by atoms with Crippen molar-refractivity contribution in [2.75, 3.05) is 5.33 Å². The number of hydrogen-bond acceptors (Lipinski definition) is 0. The number of rotatable bonds is 16. The number of halogens is 1. The Labute approximate surface area is 141 Å². The molecule has 0 spiro atoms. The van der Waals surface area contributed by atoms with Gasteiger partial charge in [-0.25, -0.2) is 0 Å². The van der Waals surface area contributed by atoms with Crippen molar-refractivity contribution >= 4 is 15.9 Å². The van der Waals surface area contributed by atoms with E-state index in [9.17, 15) is 0 Å². The topological polar surface area (TPSA) is 0 Å². The molecule has 0 aromatic heterocycles. The first-order chi connectivity index (χ1) is 10.2. The highest BCUT2D eigenvalue weighted by Crippen LogP contribution is 2.38. The van der Waals surface area contributed by atoms with E-state index >= 15 is 0 Å². The molecular weight excluding hydrogens is 320 g/mol. The lowest BCUT2D eigenvalue weighted by molar-refractivity contribution is 0.260. The van der Waals surface area contributed by atoms with Crippen LogP contribution in [-0.4, -0.2) is 5.33 Å². The molecule has 0 amide bonds. The molecule has 0 saturated carbocycles. The van der Waals surface area contributed by atoms with Crippen LogP contribution in [0.15, 0.2) is 38.0 Å². The number of unbranched alkanes of at least 4 members (excludes halogenated alkanes) is 7. The Balaban J connectivity index is 3.83. The minimum atomic E-state index is 0.334. The van der Waals surface area contributed by atoms with Gasteiger partial charge in [-0.3, -0.25) is 0 Å². The molecule has 122 valence electrons. The zero-order valence-corrected chi connectivity index (χ0v) is 15.5. The van der Waals surface area contributed by atoms with Crippen molar-refractivity contribution in [1.29, 1.82) is 0 Å². The predicted molar refractivity (Wildman–Crippen MR) is 102 cm³/mol. The summed E-state index contributed by atoms with van der Waals surface area (Å²) < 4.78 is 0. The van der Waals surface area contributed by atoms with Gasteiger partial charge in [0.1, 0.15) is 0 Å². The maximum Gasteiger partial charge on any atom is 0.00313 e. The van der Waals surface area contributed by atoms with Gasteiger partial charge < -0.3 is 0 Å². The molecule has 0 bridgehead atoms. The van der Waals surface area contributed by atoms with E-state index < -0.39 is 0 Å². The highest BCUT2D eigenvalue weighted by Gasteiger charge is 2.25. The van der Waals surface area contributed by atoms with E-state index in [0.29, 0.717) is 5.41 Å². The van der Waals surface area contributed by atoms with Crippen LogP contribution in [0.5, 0.6) is 0 Å². The molecule has 0 aliphatic rings. The van der Waals surface area contributed by atoms with Gasteiger partial charge in [0.05, 0.1) is 0 Å². The monoisotopic (exact) mass is 354 g/mol. The molecule has 0 aliphatic heterocycles. The van der Waals surface area contributed by atoms with Gasteiger partial charge in [-0.1, -0.05) is 79.1 Å². The molecule has 0 heterocycles. The molecule has 0 atom stereocenters. The molecule has 0 aromatic rings. The first-order valence-electron chi connectivity index (χ1n) is 8.63. The minimum Gasteiger partial charge on any atom is -0.103 e. The summed E-state index contributed by atoms with van der Waals surface area (Å²) in [6.07, 6.45) is 21.7. The molecule has 0 aliphatic carbocycles. The number of hydrogen-bond donors (Lipinski definition) is 0. The molecule has 0 rings (SSSR count). The highest BCUT2D eigenvalue weighted by molar-refractivity contribution is 9.09. The van der Waals surface area contributed by atoms with Gasteiger partial charge in [-0.15, -0.1) is 19.7 Å². The van der Waals surface area contributed by atoms with Gasteiger partial charge in [-0.05, 0) is 37.5 Å². The van der Waals surface area contributed by atoms with E-state index in [1.807, 2.05) is 0 Å². The Bertz CT molecular complexity index is 240. The number of allylic oxidation sites excluding steroid dienone is 3. The van der Waals surface area contributed by atoms with Crippen LogP contribution in [-0.2, 0) is 0 Å². The van der Waals surface area contributed by atoms with Crippen LogP contribution in [0.3, 0.4) is 0 Å². The maximum absolute atomic E-state index is 3.93. The molecule has 0 saturated heterocycles. The Hall–Kier alpha value is -0.300. The first-order valence-corrected chi connectivity index (χ1v) is 9.75. The van der Waals surface area contributed by atoms with Gasteiger partial charge in [0.2, 0.25) is 0 Å². The van der Waals surface area contributed by atoms with Crippen LogP contribution < -0.4 is 0 Å². The van der Waals surface area contributed by atoms with Crippen LogP contribution in [0.25, 0.3) is 0 Å². The lowest BCUT2D eigenvalue weighted by Gasteiger charge is -2.31. The van der Waals surface area contributed by atoms with Crippen molar-refractivity contribution in [2.45, 2.75) is 77.0 Å². The molecule has 0 radical (unpaired) electrons. The quantitative estimate of drug-likeness (QED) is 0.152. The molecule has 21 heavy (non-hydrogen) atoms. The Morgan fingerprint density at radius 3 is 1.38 bits per heavy atom. The van der Waals surface area contributed by atoms with Crippen molar-refractivity contribution in [3.63, 3.8) is 0 Å². The fourth-order valence-corrected chi connectivity index (χ4v) is 3.53. The van der Waals surface area contributed by atoms with Crippen molar-refractivity contribution in [1.82, 2.24) is 0 Å². The molecule has 0 N–H and O–H groups in total. The van der Waals surface area contributed by atoms with Crippen molar-refractivity contribution in [2.24, 2.45) is 5.41 Å². The zero-order valence-electron chi connectivity index (χ0n) is 13.9. The zero-order chi connectivity index (χ0) is 15.8. The fraction of sp³-hybridized carbons (Fsp3) is 0.700. The second-order valence-electron chi connectivity index (χ2n) is 6.25. The summed E-state index contributed by atoms with van der Waals surface area (Å²) in [4.78, 5) is 0. The normalized spacial score (nSPS) is 11.3. The summed E-state index contributed by atoms with van der Waals surface area (Å²) in [5, 5.41) is 1.16. The van der Waals surface area contributed by atoms with Crippen LogP contribution in [0.4, 0.5) is 0 Å². The van der Waals surface area contributed by atoms with E-state index in [2.05, 4.69) is 53.9 Å². The van der Waals surface area contributed by atoms with Crippen molar-refractivity contribution < 1.29 is 0 Å². The van der Waals surface area contributed by atoms with Crippen LogP contribution >= 0.6 is 15.9 Å². The summed E-state index contributed by atoms with van der Waals surface area (Å²) in [5.74, 6) is 0. The summed E-state index contributed by atoms with van der Waals surface area (Å²) in [6.45, 7) is 11.8. The minimum absolute atomic E-state index is 0.334. The third-order valence-electron chi connectivity index (χ3n) is 4.32. The number of alkyl halides is 1. The van der Waals surface area contributed by atoms with E-state index in [4.69, 9.17) is 0 Å². The van der Waals surface area contributed by atoms with E-state index in [1.54, 1.807) is 0 Å². The molecule has 0 nitrogen and oxygen atoms in total. The molecular formula is C20H35Br. The van der Waals surface area contributed by atoms with Gasteiger partial charge in [-0.2, -0.15) is 0 Å². The van der Waals surface area contributed by atoms with Crippen LogP contribution in [0.1, 0.15) is 77.0 Å². The van der Waals surface area contributed by atoms with Gasteiger partial charge >= 0.3 is 0 Å². The summed E-state index contributed by atoms with van der Waals surface area (Å²) in [7, 11) is 0. The van der Waals surface area contributed by atoms with Crippen molar-refractivity contribution in [3.05, 3.63) is 38.0 Å². The fourth-order valence-electron chi connectivity index (χ4n) is 3.13. The summed E-state index contributed by atoms with van der Waals surface area (Å²) >= 11 is 3.49. The maximum atomic E-state index is 3.93. The molecule has 1 heteroatoms. The summed E-state index contributed by atoms with van der Waals surface area (Å²) in [5.41, 5.74) is 0.334. The van der Waals surface area contributed by atoms with E-state index in [-0.39, 0.29) is 0 Å². The Kier molecular flexibility index (Phi) is 14.4. The predicted octanol–water partition coefficient (Wildman–Crippen LogP) is 7.61. The lowest BCUT2D eigenvalue weighted by atomic mass is 9.74. The molecule has 0 aromatic carbocycles. The second-order valence-corrected chi connectivity index (χ2v) is 7.04. The molecule has 0 unspecified atom stereocenters. The Morgan fingerprint density at radius 1 is 0.619 bits per heavy atom. The van der Waals surface area contributed by atoms with E-state index in [1.165, 1.54) is 57.8 Å². The van der Waals surface area contributed by atoms with Crippen LogP contribution in [0, 0.1) is 5.41 Å². The van der Waals surface area contributed by atoms with E-state index in [0.717, 1.165) is 24.6 Å². The first kappa shape index (κ1) is 20.7. The third kappa shape index (κ3) is 11.0. The van der Waals surface area contributed by atoms with Crippen molar-refractivity contribution in [3.8, 4) is 0 Å². The van der Waals surface area contributed by atoms with Gasteiger partial charge in [0, 0.05) is 5.33 Å². The second kappa shape index (κ2) is 14.6. The standard InChI is InChI=1S/C20H35Br/c1-4-15-20(16-5-2,17-6-3)18-13-11-9-7-8-10-12-14-19-21/h4-6H,1-3,7-19H2. The Morgan fingerprint density at radius 2 is 1.00 bits per heavy atom. The largest absolute Gasteiger partial charge is 0.103 e.